The van der Waals surface area contributed by atoms with Crippen LogP contribution in [-0.4, -0.2) is 109 Å². The topological polar surface area (TPSA) is 186 Å². The molecule has 0 saturated carbocycles. The predicted octanol–water partition coefficient (Wildman–Crippen LogP) is 3.60. The van der Waals surface area contributed by atoms with Crippen molar-refractivity contribution in [1.82, 2.24) is 29.8 Å². The summed E-state index contributed by atoms with van der Waals surface area (Å²) >= 11 is 0. The average Bonchev–Trinajstić information content (AvgIpc) is 3.76. The number of H-pyrrole nitrogens is 1. The monoisotopic (exact) mass is 741 g/mol. The Morgan fingerprint density at radius 2 is 1.63 bits per heavy atom. The molecule has 0 bridgehead atoms. The highest BCUT2D eigenvalue weighted by molar-refractivity contribution is 7.89. The molecule has 1 aliphatic rings. The van der Waals surface area contributed by atoms with Gasteiger partial charge in [-0.1, -0.05) is 65.0 Å². The van der Waals surface area contributed by atoms with Gasteiger partial charge in [-0.3, -0.25) is 19.8 Å². The minimum atomic E-state index is -4.13. The highest BCUT2D eigenvalue weighted by atomic mass is 32.2. The van der Waals surface area contributed by atoms with Crippen LogP contribution in [0, 0.1) is 24.7 Å². The van der Waals surface area contributed by atoms with Crippen molar-refractivity contribution >= 4 is 44.9 Å². The highest BCUT2D eigenvalue weighted by Crippen LogP contribution is 2.24. The number of likely N-dealkylation sites (tertiary alicyclic amines) is 1. The maximum atomic E-state index is 14.0. The molecule has 15 heteroatoms. The van der Waals surface area contributed by atoms with Crippen LogP contribution in [0.3, 0.4) is 0 Å². The van der Waals surface area contributed by atoms with Crippen LogP contribution in [0.4, 0.5) is 10.7 Å². The number of benzene rings is 2. The lowest BCUT2D eigenvalue weighted by Crippen LogP contribution is -2.53. The number of terminal acetylenes is 1. The summed E-state index contributed by atoms with van der Waals surface area (Å²) < 4.78 is 33.7. The Morgan fingerprint density at radius 1 is 1.00 bits per heavy atom. The van der Waals surface area contributed by atoms with Gasteiger partial charge in [-0.25, -0.2) is 18.2 Å². The number of carbonyl (C=O) groups excluding carboxylic acids is 3. The number of fused-ring (bicyclic) bond motifs is 1. The molecule has 4 rings (SSSR count). The number of methoxy groups -OCH3 is 1. The second-order valence-corrected chi connectivity index (χ2v) is 15.5. The third kappa shape index (κ3) is 14.6. The summed E-state index contributed by atoms with van der Waals surface area (Å²) in [6.45, 7) is 11.7. The molecule has 2 aromatic carbocycles. The molecule has 3 amide bonds. The summed E-state index contributed by atoms with van der Waals surface area (Å²) in [6.07, 6.45) is 8.31. The summed E-state index contributed by atoms with van der Waals surface area (Å²) in [5, 5.41) is 19.3. The maximum absolute atomic E-state index is 14.0. The van der Waals surface area contributed by atoms with Gasteiger partial charge in [0.1, 0.15) is 0 Å². The lowest BCUT2D eigenvalue weighted by molar-refractivity contribution is -0.127. The number of anilines is 1. The van der Waals surface area contributed by atoms with Crippen LogP contribution < -0.4 is 16.0 Å². The molecule has 1 fully saturated rings. The van der Waals surface area contributed by atoms with Gasteiger partial charge in [-0.15, -0.1) is 12.8 Å². The Morgan fingerprint density at radius 3 is 2.23 bits per heavy atom. The second kappa shape index (κ2) is 21.8. The summed E-state index contributed by atoms with van der Waals surface area (Å²) in [6, 6.07) is 12.7. The molecule has 1 saturated heterocycles. The van der Waals surface area contributed by atoms with Crippen LogP contribution >= 0.6 is 0 Å². The fourth-order valence-electron chi connectivity index (χ4n) is 5.31. The molecule has 0 unspecified atom stereocenters. The molecule has 2 heterocycles. The van der Waals surface area contributed by atoms with E-state index in [9.17, 15) is 27.9 Å². The van der Waals surface area contributed by atoms with Crippen molar-refractivity contribution < 1.29 is 32.6 Å². The number of amides is 3. The minimum Gasteiger partial charge on any atom is -0.453 e. The van der Waals surface area contributed by atoms with E-state index in [1.54, 1.807) is 0 Å². The van der Waals surface area contributed by atoms with E-state index >= 15 is 0 Å². The van der Waals surface area contributed by atoms with E-state index in [-0.39, 0.29) is 55.3 Å². The van der Waals surface area contributed by atoms with E-state index in [0.717, 1.165) is 37.4 Å². The zero-order chi connectivity index (χ0) is 38.8. The van der Waals surface area contributed by atoms with Crippen LogP contribution in [0.1, 0.15) is 53.0 Å². The Bertz CT molecular complexity index is 1690. The molecule has 286 valence electrons. The van der Waals surface area contributed by atoms with Crippen molar-refractivity contribution in [3.05, 3.63) is 54.1 Å². The van der Waals surface area contributed by atoms with Crippen LogP contribution in [0.15, 0.2) is 53.4 Å². The summed E-state index contributed by atoms with van der Waals surface area (Å²) in [4.78, 5) is 46.0. The Labute approximate surface area is 308 Å². The van der Waals surface area contributed by atoms with Crippen molar-refractivity contribution in [1.29, 1.82) is 0 Å². The molecule has 1 aromatic heterocycles. The Hall–Kier alpha value is -4.49. The van der Waals surface area contributed by atoms with E-state index in [4.69, 9.17) is 0 Å². The van der Waals surface area contributed by atoms with Gasteiger partial charge in [-0.2, -0.15) is 4.31 Å². The number of hydrogen-bond donors (Lipinski definition) is 5. The first-order valence-corrected chi connectivity index (χ1v) is 18.8. The number of aromatic nitrogens is 2. The van der Waals surface area contributed by atoms with Crippen LogP contribution in [0.25, 0.3) is 11.0 Å². The molecule has 0 aliphatic carbocycles. The number of ether oxygens (including phenoxy) is 1. The van der Waals surface area contributed by atoms with Gasteiger partial charge in [0.15, 0.2) is 0 Å². The summed E-state index contributed by atoms with van der Waals surface area (Å²) in [5.41, 5.74) is 1.64. The molecular formula is C37H55N7O7S. The number of hydrogen-bond acceptors (Lipinski definition) is 9. The number of aromatic amines is 1. The van der Waals surface area contributed by atoms with E-state index in [0.29, 0.717) is 11.0 Å². The molecule has 3 aromatic rings. The summed E-state index contributed by atoms with van der Waals surface area (Å²) in [5.74, 6) is 0.0993. The third-order valence-electron chi connectivity index (χ3n) is 7.58. The van der Waals surface area contributed by atoms with E-state index in [1.165, 1.54) is 29.6 Å². The normalized spacial score (nSPS) is 14.2. The molecule has 2 atom stereocenters. The molecule has 0 spiro atoms. The zero-order valence-corrected chi connectivity index (χ0v) is 31.9. The van der Waals surface area contributed by atoms with Crippen LogP contribution in [0.2, 0.25) is 0 Å². The van der Waals surface area contributed by atoms with Gasteiger partial charge in [0.05, 0.1) is 48.3 Å². The minimum absolute atomic E-state index is 0.0366. The van der Waals surface area contributed by atoms with Gasteiger partial charge in [0.2, 0.25) is 27.8 Å². The SMILES string of the molecule is C#C.CC(C)C.COC(=O)Nc1nc2ccc(S(=O)(=O)N(CC(C)C)C[C@@H](O)[C@H](Cc3ccccc3)NC(=O)CNC(=O)CN3CCCC3)cc2[nH]1. The van der Waals surface area contributed by atoms with Gasteiger partial charge < -0.3 is 25.5 Å². The van der Waals surface area contributed by atoms with E-state index < -0.39 is 34.2 Å². The number of rotatable bonds is 15. The predicted molar refractivity (Wildman–Crippen MR) is 203 cm³/mol. The quantitative estimate of drug-likeness (QED) is 0.145. The number of sulfonamides is 1. The molecule has 52 heavy (non-hydrogen) atoms. The molecule has 1 aliphatic heterocycles. The largest absolute Gasteiger partial charge is 0.453 e. The Balaban J connectivity index is 0.00000146. The molecular weight excluding hydrogens is 687 g/mol. The van der Waals surface area contributed by atoms with Gasteiger partial charge >= 0.3 is 6.09 Å². The fraction of sp³-hybridized carbons (Fsp3) is 0.514. The smallest absolute Gasteiger partial charge is 0.413 e. The molecule has 14 nitrogen and oxygen atoms in total. The van der Waals surface area contributed by atoms with Crippen molar-refractivity contribution in [3.8, 4) is 12.8 Å². The van der Waals surface area contributed by atoms with Gasteiger partial charge in [-0.05, 0) is 68.0 Å². The van der Waals surface area contributed by atoms with Crippen molar-refractivity contribution in [2.24, 2.45) is 11.8 Å². The fourth-order valence-corrected chi connectivity index (χ4v) is 6.96. The first-order valence-electron chi connectivity index (χ1n) is 17.4. The standard InChI is InChI=1S/C31H43N7O7S.C4H10.C2H2/c1-21(2)18-38(46(43,44)23-11-12-24-25(16-23)35-30(34-24)36-31(42)45-3)19-27(39)26(15-22-9-5-4-6-10-22)33-28(40)17-32-29(41)20-37-13-7-8-14-37;1-4(2)3;1-2/h4-6,9-12,16,21,26-27,39H,7-8,13-15,17-20H2,1-3H3,(H,32,41)(H,33,40)(H2,34,35,36,42);4H,1-3H3;1-2H/t26-,27+;;/m0../s1. The number of nitrogens with zero attached hydrogens (tertiary/aromatic N) is 3. The van der Waals surface area contributed by atoms with Crippen LogP contribution in [0.5, 0.6) is 0 Å². The lowest BCUT2D eigenvalue weighted by Gasteiger charge is -2.31. The van der Waals surface area contributed by atoms with Gasteiger partial charge in [0, 0.05) is 13.1 Å². The third-order valence-corrected chi connectivity index (χ3v) is 9.41. The number of carbonyl (C=O) groups is 3. The lowest BCUT2D eigenvalue weighted by atomic mass is 10.0. The van der Waals surface area contributed by atoms with Crippen molar-refractivity contribution in [3.63, 3.8) is 0 Å². The van der Waals surface area contributed by atoms with Crippen LogP contribution in [-0.2, 0) is 30.8 Å². The van der Waals surface area contributed by atoms with Crippen molar-refractivity contribution in [2.75, 3.05) is 51.7 Å². The first kappa shape index (κ1) is 43.7. The number of nitrogens with one attached hydrogen (secondary N) is 4. The number of imidazole rings is 1. The van der Waals surface area contributed by atoms with Crippen molar-refractivity contribution in [2.45, 2.75) is 70.9 Å². The first-order chi connectivity index (χ1) is 24.7. The van der Waals surface area contributed by atoms with Gasteiger partial charge in [0.25, 0.3) is 0 Å². The molecule has 0 radical (unpaired) electrons. The number of aliphatic hydroxyl groups excluding tert-OH is 1. The van der Waals surface area contributed by atoms with E-state index in [1.807, 2.05) is 49.1 Å². The highest BCUT2D eigenvalue weighted by Gasteiger charge is 2.32. The molecule has 5 N–H and O–H groups in total. The zero-order valence-electron chi connectivity index (χ0n) is 31.1. The maximum Gasteiger partial charge on any atom is 0.413 e. The van der Waals surface area contributed by atoms with E-state index in [2.05, 4.69) is 64.3 Å². The number of aliphatic hydroxyl groups is 1. The second-order valence-electron chi connectivity index (χ2n) is 13.5. The average molecular weight is 742 g/mol. The Kier molecular flexibility index (Phi) is 18.3. The summed E-state index contributed by atoms with van der Waals surface area (Å²) in [7, 11) is -2.92.